The number of piperidine rings is 1. The van der Waals surface area contributed by atoms with Crippen LogP contribution in [0.3, 0.4) is 0 Å². The van der Waals surface area contributed by atoms with Crippen LogP contribution in [0, 0.1) is 0 Å². The number of carbonyl (C=O) groups excluding carboxylic acids is 5. The van der Waals surface area contributed by atoms with Crippen LogP contribution in [0.5, 0.6) is 0 Å². The number of fused-ring (bicyclic) bond motifs is 4. The lowest BCUT2D eigenvalue weighted by atomic mass is 9.85. The molecule has 5 heterocycles. The van der Waals surface area contributed by atoms with Gasteiger partial charge in [0.05, 0.1) is 31.3 Å². The van der Waals surface area contributed by atoms with Crippen LogP contribution in [0.15, 0.2) is 138 Å². The van der Waals surface area contributed by atoms with Crippen LogP contribution in [0.4, 0.5) is 15.3 Å². The zero-order valence-electron chi connectivity index (χ0n) is 50.2. The number of ether oxygens (including phenoxy) is 3. The van der Waals surface area contributed by atoms with Gasteiger partial charge in [-0.25, -0.2) is 19.6 Å². The van der Waals surface area contributed by atoms with E-state index in [9.17, 15) is 24.0 Å². The van der Waals surface area contributed by atoms with Gasteiger partial charge in [0, 0.05) is 94.2 Å². The zero-order chi connectivity index (χ0) is 61.1. The van der Waals surface area contributed by atoms with Crippen LogP contribution < -0.4 is 31.9 Å². The van der Waals surface area contributed by atoms with Crippen LogP contribution >= 0.6 is 11.6 Å². The fourth-order valence-electron chi connectivity index (χ4n) is 11.9. The van der Waals surface area contributed by atoms with E-state index in [1.54, 1.807) is 57.4 Å². The molecule has 2 saturated heterocycles. The predicted octanol–water partition coefficient (Wildman–Crippen LogP) is 8.04. The third-order valence-electron chi connectivity index (χ3n) is 16.7. The topological polar surface area (TPSA) is 223 Å². The Hall–Kier alpha value is -8.46. The highest BCUT2D eigenvalue weighted by atomic mass is 35.5. The molecule has 21 heteroatoms. The van der Waals surface area contributed by atoms with E-state index < -0.39 is 29.4 Å². The van der Waals surface area contributed by atoms with Crippen molar-refractivity contribution in [2.45, 2.75) is 82.6 Å². The lowest BCUT2D eigenvalue weighted by molar-refractivity contribution is -0.134. The van der Waals surface area contributed by atoms with E-state index in [4.69, 9.17) is 25.8 Å². The minimum Gasteiger partial charge on any atom is -0.448 e. The number of likely N-dealkylation sites (tertiary alicyclic amines) is 1. The van der Waals surface area contributed by atoms with Gasteiger partial charge in [0.25, 0.3) is 5.91 Å². The number of aliphatic imine (C=N–C) groups is 1. The number of benzene rings is 4. The molecule has 10 rings (SSSR count). The summed E-state index contributed by atoms with van der Waals surface area (Å²) in [5.74, 6) is -0.172. The Kier molecular flexibility index (Phi) is 19.8. The summed E-state index contributed by atoms with van der Waals surface area (Å²) in [6, 6.07) is 33.3. The molecule has 5 aromatic rings. The van der Waals surface area contributed by atoms with Gasteiger partial charge in [-0.15, -0.1) is 0 Å². The molecule has 0 spiro atoms. The average Bonchev–Trinajstić information content (AvgIpc) is 2.05. The number of nitrogens with zero attached hydrogens (tertiary/aromatic N) is 6. The van der Waals surface area contributed by atoms with Crippen molar-refractivity contribution >= 4 is 53.5 Å². The maximum Gasteiger partial charge on any atom is 0.410 e. The quantitative estimate of drug-likeness (QED) is 0.0361. The monoisotopic (exact) mass is 1200 g/mol. The normalized spacial score (nSPS) is 17.2. The van der Waals surface area contributed by atoms with Gasteiger partial charge in [-0.05, 0) is 116 Å². The van der Waals surface area contributed by atoms with Gasteiger partial charge < -0.3 is 55.9 Å². The molecule has 4 aliphatic heterocycles. The summed E-state index contributed by atoms with van der Waals surface area (Å²) in [5, 5.41) is 19.5. The maximum absolute atomic E-state index is 14.9. The second-order valence-corrected chi connectivity index (χ2v) is 23.9. The molecule has 2 fully saturated rings. The van der Waals surface area contributed by atoms with Gasteiger partial charge in [0.15, 0.2) is 5.69 Å². The summed E-state index contributed by atoms with van der Waals surface area (Å²) in [5.41, 5.74) is 8.11. The number of carbonyl (C=O) groups is 5. The Morgan fingerprint density at radius 2 is 1.59 bits per heavy atom. The lowest BCUT2D eigenvalue weighted by Gasteiger charge is -2.44. The Bertz CT molecular complexity index is 3340. The summed E-state index contributed by atoms with van der Waals surface area (Å²) < 4.78 is 17.8. The molecule has 0 bridgehead atoms. The summed E-state index contributed by atoms with van der Waals surface area (Å²) in [7, 11) is 1.75. The second-order valence-electron chi connectivity index (χ2n) is 23.4. The van der Waals surface area contributed by atoms with E-state index in [1.807, 2.05) is 66.9 Å². The number of alkyl carbamates (subject to hydrolysis) is 1. The van der Waals surface area contributed by atoms with Crippen molar-refractivity contribution in [2.24, 2.45) is 4.99 Å². The lowest BCUT2D eigenvalue weighted by Crippen LogP contribution is -2.64. The van der Waals surface area contributed by atoms with Crippen molar-refractivity contribution in [1.82, 2.24) is 51.2 Å². The standard InChI is InChI=1S/C66H79ClN12O8/c1-6-44-12-11-13-46(38-44)47-39-56(68-5)58(71-40-47)61(81)70-27-36-85-37-35-79(64(84)86-42-54-51-16-9-7-14-49(51)50-15-8-10-17-52(50)54)41-57(80)77-33-31-76(32-34-77)28-23-55(45-18-20-48(67)21-19-45)74-62(82)66(75-63(83)87-65(2,3)4)24-29-78(30-25-66)60-53-22-26-69-59(53)72-43-73-60/h7-22,26,38-40,43,54-55,59,68-69H,6,23-25,27-37,41-42H2,1-5H3,(H,70,81)(H,72,73)(H,74,82)(H,75,83). The Balaban J connectivity index is 0.757. The summed E-state index contributed by atoms with van der Waals surface area (Å²) >= 11 is 6.38. The zero-order valence-corrected chi connectivity index (χ0v) is 51.0. The first kappa shape index (κ1) is 61.6. The molecule has 2 atom stereocenters. The molecule has 1 aliphatic carbocycles. The molecular formula is C66H79ClN12O8. The van der Waals surface area contributed by atoms with E-state index in [-0.39, 0.29) is 75.0 Å². The Morgan fingerprint density at radius 1 is 0.862 bits per heavy atom. The molecular weight excluding hydrogens is 1120 g/mol. The maximum atomic E-state index is 14.9. The van der Waals surface area contributed by atoms with Crippen molar-refractivity contribution in [3.8, 4) is 22.3 Å². The first-order chi connectivity index (χ1) is 42.1. The van der Waals surface area contributed by atoms with E-state index in [0.717, 1.165) is 56.8 Å². The van der Waals surface area contributed by atoms with Crippen LogP contribution in [0.1, 0.15) is 91.7 Å². The largest absolute Gasteiger partial charge is 0.448 e. The molecule has 6 N–H and O–H groups in total. The van der Waals surface area contributed by atoms with Crippen LogP contribution in [0.25, 0.3) is 22.3 Å². The highest BCUT2D eigenvalue weighted by molar-refractivity contribution is 6.30. The molecule has 4 aromatic carbocycles. The number of rotatable bonds is 22. The molecule has 5 amide bonds. The van der Waals surface area contributed by atoms with Crippen molar-refractivity contribution in [3.63, 3.8) is 0 Å². The van der Waals surface area contributed by atoms with E-state index in [2.05, 4.69) is 95.0 Å². The van der Waals surface area contributed by atoms with Crippen molar-refractivity contribution in [1.29, 1.82) is 0 Å². The number of hydrogen-bond acceptors (Lipinski definition) is 15. The first-order valence-electron chi connectivity index (χ1n) is 30.1. The van der Waals surface area contributed by atoms with E-state index in [1.165, 1.54) is 10.5 Å². The van der Waals surface area contributed by atoms with Crippen molar-refractivity contribution in [2.75, 3.05) is 97.6 Å². The molecule has 20 nitrogen and oxygen atoms in total. The first-order valence-corrected chi connectivity index (χ1v) is 30.5. The van der Waals surface area contributed by atoms with Gasteiger partial charge in [0.1, 0.15) is 36.3 Å². The van der Waals surface area contributed by atoms with Gasteiger partial charge in [-0.2, -0.15) is 0 Å². The number of piperazine rings is 1. The van der Waals surface area contributed by atoms with Crippen LogP contribution in [0.2, 0.25) is 5.02 Å². The minimum atomic E-state index is -1.28. The summed E-state index contributed by atoms with van der Waals surface area (Å²) in [6.45, 7) is 11.3. The van der Waals surface area contributed by atoms with Crippen molar-refractivity contribution in [3.05, 3.63) is 166 Å². The Morgan fingerprint density at radius 3 is 2.29 bits per heavy atom. The van der Waals surface area contributed by atoms with Gasteiger partial charge in [-0.3, -0.25) is 24.2 Å². The van der Waals surface area contributed by atoms with Gasteiger partial charge >= 0.3 is 12.2 Å². The number of aromatic nitrogens is 1. The number of nitrogens with one attached hydrogen (secondary N) is 6. The smallest absolute Gasteiger partial charge is 0.410 e. The fraction of sp³-hybridized carbons (Fsp3) is 0.409. The highest BCUT2D eigenvalue weighted by Crippen LogP contribution is 2.44. The van der Waals surface area contributed by atoms with Crippen LogP contribution in [-0.2, 0) is 30.2 Å². The average molecular weight is 1200 g/mol. The Labute approximate surface area is 514 Å². The molecule has 87 heavy (non-hydrogen) atoms. The number of halogens is 1. The molecule has 5 aliphatic rings. The molecule has 0 radical (unpaired) electrons. The van der Waals surface area contributed by atoms with Crippen LogP contribution in [-0.4, -0.2) is 170 Å². The number of amides is 5. The van der Waals surface area contributed by atoms with Gasteiger partial charge in [-0.1, -0.05) is 103 Å². The number of aryl methyl sites for hydroxylation is 1. The molecule has 1 aromatic heterocycles. The summed E-state index contributed by atoms with van der Waals surface area (Å²) in [6.07, 6.45) is 7.81. The summed E-state index contributed by atoms with van der Waals surface area (Å²) in [4.78, 5) is 86.9. The SMILES string of the molecule is CCc1cccc(-c2cnc(C(=O)NCCOCCN(CC(=O)N3CCN(CCC(NC(=O)C4(NC(=O)OC(C)(C)C)CCN(C5=C6C=CNC6N=CN5)CC4)c4ccc(Cl)cc4)CC3)C(=O)OCC3c4ccccc4-c4ccccc43)c(NC)c2)c1. The minimum absolute atomic E-state index is 0.0639. The third-order valence-corrected chi connectivity index (χ3v) is 16.9. The molecule has 0 saturated carbocycles. The molecule has 458 valence electrons. The number of anilines is 1. The highest BCUT2D eigenvalue weighted by Gasteiger charge is 2.46. The molecule has 2 unspecified atom stereocenters. The predicted molar refractivity (Wildman–Crippen MR) is 336 cm³/mol. The van der Waals surface area contributed by atoms with Gasteiger partial charge in [0.2, 0.25) is 11.8 Å². The van der Waals surface area contributed by atoms with E-state index in [0.29, 0.717) is 75.8 Å². The van der Waals surface area contributed by atoms with E-state index >= 15 is 0 Å². The second kappa shape index (κ2) is 27.9. The fourth-order valence-corrected chi connectivity index (χ4v) is 12.0. The third kappa shape index (κ3) is 15.0. The number of pyridine rings is 1. The number of hydrogen-bond donors (Lipinski definition) is 6. The van der Waals surface area contributed by atoms with Crippen molar-refractivity contribution < 1.29 is 38.2 Å².